The molecule has 0 aliphatic carbocycles. The van der Waals surface area contributed by atoms with E-state index in [1.165, 1.54) is 0 Å². The smallest absolute Gasteiger partial charge is 0.240 e. The molecule has 2 heterocycles. The van der Waals surface area contributed by atoms with Gasteiger partial charge in [-0.25, -0.2) is 0 Å². The van der Waals surface area contributed by atoms with Crippen LogP contribution in [-0.4, -0.2) is 31.6 Å². The summed E-state index contributed by atoms with van der Waals surface area (Å²) in [7, 11) is 0. The van der Waals surface area contributed by atoms with E-state index in [0.29, 0.717) is 30.0 Å². The van der Waals surface area contributed by atoms with E-state index in [2.05, 4.69) is 44.7 Å². The van der Waals surface area contributed by atoms with Gasteiger partial charge in [-0.2, -0.15) is 20.4 Å². The summed E-state index contributed by atoms with van der Waals surface area (Å²) >= 11 is 0. The van der Waals surface area contributed by atoms with Gasteiger partial charge in [0.25, 0.3) is 0 Å². The Labute approximate surface area is 92.6 Å². The lowest BCUT2D eigenvalue weighted by Crippen LogP contribution is -2.24. The molecule has 0 aliphatic heterocycles. The molecule has 86 valence electrons. The first-order valence-electron chi connectivity index (χ1n) is 5.21. The first-order valence-corrected chi connectivity index (χ1v) is 5.21. The molecular formula is C9H14N6O. The summed E-state index contributed by atoms with van der Waals surface area (Å²) in [6, 6.07) is 0.433. The summed E-state index contributed by atoms with van der Waals surface area (Å²) in [6.45, 7) is 4.79. The molecular weight excluding hydrogens is 208 g/mol. The van der Waals surface area contributed by atoms with Crippen LogP contribution in [0.15, 0.2) is 10.7 Å². The largest absolute Gasteiger partial charge is 0.337 e. The molecule has 0 amide bonds. The van der Waals surface area contributed by atoms with E-state index in [4.69, 9.17) is 4.52 Å². The number of hydrogen-bond donors (Lipinski definition) is 2. The van der Waals surface area contributed by atoms with Crippen LogP contribution in [0.4, 0.5) is 0 Å². The first-order chi connectivity index (χ1) is 7.79. The number of aromatic nitrogens is 5. The molecule has 0 radical (unpaired) electrons. The number of nitrogens with zero attached hydrogens (tertiary/aromatic N) is 4. The fourth-order valence-electron chi connectivity index (χ4n) is 1.15. The monoisotopic (exact) mass is 222 g/mol. The zero-order valence-corrected chi connectivity index (χ0v) is 9.27. The van der Waals surface area contributed by atoms with Crippen LogP contribution in [-0.2, 0) is 6.54 Å². The Balaban J connectivity index is 1.98. The predicted octanol–water partition coefficient (Wildman–Crippen LogP) is 0.743. The van der Waals surface area contributed by atoms with E-state index in [0.717, 1.165) is 6.42 Å². The van der Waals surface area contributed by atoms with Crippen LogP contribution in [0.1, 0.15) is 26.2 Å². The van der Waals surface area contributed by atoms with Crippen LogP contribution < -0.4 is 5.32 Å². The Morgan fingerprint density at radius 1 is 1.56 bits per heavy atom. The Morgan fingerprint density at radius 2 is 2.44 bits per heavy atom. The van der Waals surface area contributed by atoms with Crippen molar-refractivity contribution in [2.24, 2.45) is 0 Å². The van der Waals surface area contributed by atoms with Crippen molar-refractivity contribution in [1.82, 2.24) is 30.9 Å². The zero-order valence-electron chi connectivity index (χ0n) is 9.27. The van der Waals surface area contributed by atoms with Gasteiger partial charge in [0.1, 0.15) is 0 Å². The third-order valence-corrected chi connectivity index (χ3v) is 2.33. The second-order valence-electron chi connectivity index (χ2n) is 3.56. The number of nitrogens with one attached hydrogen (secondary N) is 2. The van der Waals surface area contributed by atoms with Gasteiger partial charge >= 0.3 is 0 Å². The number of hydrogen-bond acceptors (Lipinski definition) is 6. The molecule has 16 heavy (non-hydrogen) atoms. The minimum Gasteiger partial charge on any atom is -0.337 e. The molecule has 1 unspecified atom stereocenters. The number of aromatic amines is 1. The van der Waals surface area contributed by atoms with Gasteiger partial charge < -0.3 is 9.84 Å². The second-order valence-corrected chi connectivity index (χ2v) is 3.56. The average Bonchev–Trinajstić information content (AvgIpc) is 2.95. The summed E-state index contributed by atoms with van der Waals surface area (Å²) in [4.78, 5) is 4.20. The lowest BCUT2D eigenvalue weighted by molar-refractivity contribution is 0.358. The van der Waals surface area contributed by atoms with Crippen LogP contribution >= 0.6 is 0 Å². The van der Waals surface area contributed by atoms with Crippen molar-refractivity contribution < 1.29 is 4.52 Å². The standard InChI is InChI=1S/C9H14N6O/c1-3-6(2)10-5-8-12-9(14-16-8)7-4-11-15-13-7/h4,6,10H,3,5H2,1-2H3,(H,11,13,15). The third-order valence-electron chi connectivity index (χ3n) is 2.33. The summed E-state index contributed by atoms with van der Waals surface area (Å²) in [5.41, 5.74) is 0.582. The molecule has 2 N–H and O–H groups in total. The Kier molecular flexibility index (Phi) is 3.25. The molecule has 0 bridgehead atoms. The number of rotatable bonds is 5. The Hall–Kier alpha value is -1.76. The van der Waals surface area contributed by atoms with Gasteiger partial charge in [0.15, 0.2) is 5.69 Å². The fourth-order valence-corrected chi connectivity index (χ4v) is 1.15. The molecule has 2 aromatic rings. The van der Waals surface area contributed by atoms with E-state index in [-0.39, 0.29) is 0 Å². The molecule has 0 saturated carbocycles. The highest BCUT2D eigenvalue weighted by Gasteiger charge is 2.10. The van der Waals surface area contributed by atoms with Gasteiger partial charge in [-0.3, -0.25) is 0 Å². The van der Waals surface area contributed by atoms with Gasteiger partial charge in [0.2, 0.25) is 11.7 Å². The highest BCUT2D eigenvalue weighted by Crippen LogP contribution is 2.10. The highest BCUT2D eigenvalue weighted by molar-refractivity contribution is 5.44. The zero-order chi connectivity index (χ0) is 11.4. The quantitative estimate of drug-likeness (QED) is 0.775. The van der Waals surface area contributed by atoms with Crippen molar-refractivity contribution in [3.63, 3.8) is 0 Å². The van der Waals surface area contributed by atoms with Gasteiger partial charge in [-0.1, -0.05) is 12.1 Å². The normalized spacial score (nSPS) is 12.9. The Morgan fingerprint density at radius 3 is 3.12 bits per heavy atom. The van der Waals surface area contributed by atoms with E-state index in [1.807, 2.05) is 0 Å². The lowest BCUT2D eigenvalue weighted by Gasteiger charge is -2.07. The van der Waals surface area contributed by atoms with Gasteiger partial charge in [0, 0.05) is 6.04 Å². The minimum absolute atomic E-state index is 0.433. The number of H-pyrrole nitrogens is 1. The average molecular weight is 222 g/mol. The van der Waals surface area contributed by atoms with Gasteiger partial charge in [0.05, 0.1) is 12.7 Å². The molecule has 0 fully saturated rings. The van der Waals surface area contributed by atoms with Gasteiger partial charge in [-0.15, -0.1) is 0 Å². The van der Waals surface area contributed by atoms with Crippen molar-refractivity contribution in [3.05, 3.63) is 12.1 Å². The van der Waals surface area contributed by atoms with Crippen LogP contribution in [0.2, 0.25) is 0 Å². The maximum absolute atomic E-state index is 5.08. The second kappa shape index (κ2) is 4.84. The maximum atomic E-state index is 5.08. The highest BCUT2D eigenvalue weighted by atomic mass is 16.5. The Bertz CT molecular complexity index is 423. The summed E-state index contributed by atoms with van der Waals surface area (Å²) in [5, 5.41) is 17.1. The molecule has 0 spiro atoms. The minimum atomic E-state index is 0.433. The predicted molar refractivity (Wildman–Crippen MR) is 56.3 cm³/mol. The molecule has 2 rings (SSSR count). The fraction of sp³-hybridized carbons (Fsp3) is 0.556. The van der Waals surface area contributed by atoms with E-state index < -0.39 is 0 Å². The lowest BCUT2D eigenvalue weighted by atomic mass is 10.3. The molecule has 7 heteroatoms. The molecule has 7 nitrogen and oxygen atoms in total. The first kappa shape index (κ1) is 10.7. The molecule has 0 aromatic carbocycles. The van der Waals surface area contributed by atoms with Crippen LogP contribution in [0.5, 0.6) is 0 Å². The van der Waals surface area contributed by atoms with Crippen molar-refractivity contribution >= 4 is 0 Å². The summed E-state index contributed by atoms with van der Waals surface area (Å²) in [5.74, 6) is 1.01. The van der Waals surface area contributed by atoms with Crippen molar-refractivity contribution in [3.8, 4) is 11.5 Å². The SMILES string of the molecule is CCC(C)NCc1nc(-c2cn[nH]n2)no1. The third kappa shape index (κ3) is 2.43. The van der Waals surface area contributed by atoms with Crippen molar-refractivity contribution in [2.75, 3.05) is 0 Å². The topological polar surface area (TPSA) is 92.5 Å². The molecule has 1 atom stereocenters. The molecule has 0 saturated heterocycles. The summed E-state index contributed by atoms with van der Waals surface area (Å²) in [6.07, 6.45) is 2.61. The maximum Gasteiger partial charge on any atom is 0.240 e. The summed E-state index contributed by atoms with van der Waals surface area (Å²) < 4.78 is 5.08. The molecule has 0 aliphatic rings. The van der Waals surface area contributed by atoms with Crippen LogP contribution in [0.25, 0.3) is 11.5 Å². The van der Waals surface area contributed by atoms with Crippen molar-refractivity contribution in [2.45, 2.75) is 32.9 Å². The van der Waals surface area contributed by atoms with E-state index in [9.17, 15) is 0 Å². The van der Waals surface area contributed by atoms with Crippen LogP contribution in [0.3, 0.4) is 0 Å². The van der Waals surface area contributed by atoms with Gasteiger partial charge in [-0.05, 0) is 13.3 Å². The van der Waals surface area contributed by atoms with Crippen LogP contribution in [0, 0.1) is 0 Å². The van der Waals surface area contributed by atoms with Crippen molar-refractivity contribution in [1.29, 1.82) is 0 Å². The van der Waals surface area contributed by atoms with E-state index in [1.54, 1.807) is 6.20 Å². The molecule has 2 aromatic heterocycles. The van der Waals surface area contributed by atoms with E-state index >= 15 is 0 Å².